The molecule has 0 bridgehead atoms. The fraction of sp³-hybridized carbons (Fsp3) is 0.406. The summed E-state index contributed by atoms with van der Waals surface area (Å²) in [4.78, 5) is 53.0. The van der Waals surface area contributed by atoms with E-state index in [0.717, 1.165) is 49.2 Å². The minimum Gasteiger partial charge on any atom is -0.504 e. The van der Waals surface area contributed by atoms with Gasteiger partial charge in [0.15, 0.2) is 17.3 Å². The zero-order valence-corrected chi connectivity index (χ0v) is 26.8. The van der Waals surface area contributed by atoms with Gasteiger partial charge in [0, 0.05) is 38.4 Å². The van der Waals surface area contributed by atoms with Crippen molar-refractivity contribution in [2.75, 3.05) is 49.6 Å². The summed E-state index contributed by atoms with van der Waals surface area (Å²) in [6.45, 7) is 6.88. The van der Waals surface area contributed by atoms with Crippen molar-refractivity contribution in [3.8, 4) is 5.75 Å². The van der Waals surface area contributed by atoms with Crippen LogP contribution in [0, 0.1) is 13.8 Å². The van der Waals surface area contributed by atoms with Gasteiger partial charge in [0.25, 0.3) is 11.5 Å². The highest BCUT2D eigenvalue weighted by atomic mass is 19.4. The van der Waals surface area contributed by atoms with Crippen LogP contribution < -0.4 is 15.8 Å². The number of amides is 2. The van der Waals surface area contributed by atoms with E-state index >= 15 is 0 Å². The van der Waals surface area contributed by atoms with Crippen LogP contribution in [0.15, 0.2) is 35.4 Å². The van der Waals surface area contributed by atoms with E-state index in [-0.39, 0.29) is 22.9 Å². The Morgan fingerprint density at radius 2 is 1.86 bits per heavy atom. The van der Waals surface area contributed by atoms with Crippen molar-refractivity contribution in [1.29, 1.82) is 0 Å². The standard InChI is InChI=1S/C23H26N8O4.C9H8F3NO/c1-14-19(32)17(25-13-24-14)21(33)29-9-7-28(8-10-29)18-16-3-2-6-30(16)23-26-20(27-31(23)22(18)34)15-4-11-35-12-5-15;1-6-4-7(9(10,11)12)2-3-8(6)13-5-14/h4,13,32H,2-3,5-12H2,1H3;2-5H,1H3,(H,13,14). The van der Waals surface area contributed by atoms with Crippen molar-refractivity contribution in [1.82, 2.24) is 34.0 Å². The highest BCUT2D eigenvalue weighted by Crippen LogP contribution is 2.32. The van der Waals surface area contributed by atoms with Crippen molar-refractivity contribution in [3.63, 3.8) is 0 Å². The molecule has 1 fully saturated rings. The van der Waals surface area contributed by atoms with Crippen LogP contribution in [0.1, 0.15) is 51.7 Å². The number of fused-ring (bicyclic) bond motifs is 3. The van der Waals surface area contributed by atoms with Crippen LogP contribution in [0.2, 0.25) is 0 Å². The summed E-state index contributed by atoms with van der Waals surface area (Å²) in [6.07, 6.45) is 1.80. The normalized spacial score (nSPS) is 16.1. The summed E-state index contributed by atoms with van der Waals surface area (Å²) in [6, 6.07) is 3.15. The molecule has 0 spiro atoms. The molecule has 3 aromatic heterocycles. The second-order valence-electron chi connectivity index (χ2n) is 11.8. The monoisotopic (exact) mass is 681 g/mol. The smallest absolute Gasteiger partial charge is 0.416 e. The number of nitrogens with one attached hydrogen (secondary N) is 1. The molecule has 1 aromatic carbocycles. The zero-order valence-electron chi connectivity index (χ0n) is 26.8. The van der Waals surface area contributed by atoms with E-state index in [1.807, 2.05) is 11.0 Å². The maximum Gasteiger partial charge on any atom is 0.416 e. The lowest BCUT2D eigenvalue weighted by Gasteiger charge is -2.36. The Labute approximate surface area is 277 Å². The predicted molar refractivity (Wildman–Crippen MR) is 171 cm³/mol. The number of aromatic nitrogens is 6. The fourth-order valence-corrected chi connectivity index (χ4v) is 6.14. The molecule has 1 saturated heterocycles. The molecule has 0 unspecified atom stereocenters. The van der Waals surface area contributed by atoms with Gasteiger partial charge in [-0.05, 0) is 62.4 Å². The molecule has 2 amide bonds. The quantitative estimate of drug-likeness (QED) is 0.300. The summed E-state index contributed by atoms with van der Waals surface area (Å²) < 4.78 is 45.5. The fourth-order valence-electron chi connectivity index (χ4n) is 6.14. The van der Waals surface area contributed by atoms with Crippen molar-refractivity contribution in [3.05, 3.63) is 75.0 Å². The summed E-state index contributed by atoms with van der Waals surface area (Å²) in [5, 5.41) is 17.1. The zero-order chi connectivity index (χ0) is 34.9. The molecule has 4 aromatic rings. The number of anilines is 2. The topological polar surface area (TPSA) is 160 Å². The van der Waals surface area contributed by atoms with Crippen LogP contribution >= 0.6 is 0 Å². The number of benzene rings is 1. The SMILES string of the molecule is Cc1cc(C(F)(F)F)ccc1NC=O.Cc1ncnc(C(=O)N2CCN(c3c4n(c5nc(C6=CCOCC6)nn5c3=O)CCC4)CC2)c1O. The van der Waals surface area contributed by atoms with Gasteiger partial charge in [0.1, 0.15) is 12.0 Å². The number of hydrogen-bond donors (Lipinski definition) is 2. The van der Waals surface area contributed by atoms with Crippen LogP contribution in [0.3, 0.4) is 0 Å². The molecule has 0 atom stereocenters. The molecule has 0 aliphatic carbocycles. The lowest BCUT2D eigenvalue weighted by atomic mass is 10.1. The lowest BCUT2D eigenvalue weighted by molar-refractivity contribution is -0.137. The van der Waals surface area contributed by atoms with Gasteiger partial charge >= 0.3 is 6.18 Å². The second-order valence-corrected chi connectivity index (χ2v) is 11.8. The summed E-state index contributed by atoms with van der Waals surface area (Å²) in [7, 11) is 0. The van der Waals surface area contributed by atoms with E-state index in [2.05, 4.69) is 25.0 Å². The number of aryl methyl sites for hydroxylation is 3. The molecule has 14 nitrogen and oxygen atoms in total. The first kappa shape index (κ1) is 33.6. The average Bonchev–Trinajstić information content (AvgIpc) is 3.76. The van der Waals surface area contributed by atoms with Crippen LogP contribution in [0.5, 0.6) is 5.75 Å². The molecular weight excluding hydrogens is 647 g/mol. The van der Waals surface area contributed by atoms with Gasteiger partial charge in [-0.1, -0.05) is 6.08 Å². The third kappa shape index (κ3) is 6.70. The summed E-state index contributed by atoms with van der Waals surface area (Å²) >= 11 is 0. The maximum absolute atomic E-state index is 13.6. The maximum atomic E-state index is 13.6. The largest absolute Gasteiger partial charge is 0.504 e. The van der Waals surface area contributed by atoms with Crippen LogP contribution in [0.25, 0.3) is 11.4 Å². The Morgan fingerprint density at radius 3 is 2.53 bits per heavy atom. The van der Waals surface area contributed by atoms with E-state index in [0.29, 0.717) is 80.0 Å². The van der Waals surface area contributed by atoms with Gasteiger partial charge in [0.05, 0.1) is 30.2 Å². The highest BCUT2D eigenvalue weighted by Gasteiger charge is 2.32. The van der Waals surface area contributed by atoms with E-state index in [1.165, 1.54) is 23.8 Å². The molecule has 0 radical (unpaired) electrons. The van der Waals surface area contributed by atoms with Gasteiger partial charge in [-0.3, -0.25) is 14.4 Å². The number of carbonyl (C=O) groups excluding carboxylic acids is 2. The summed E-state index contributed by atoms with van der Waals surface area (Å²) in [5.74, 6) is 0.635. The highest BCUT2D eigenvalue weighted by molar-refractivity contribution is 5.95. The number of aromatic hydroxyl groups is 1. The van der Waals surface area contributed by atoms with Crippen LogP contribution in [0.4, 0.5) is 24.5 Å². The first-order valence-electron chi connectivity index (χ1n) is 15.7. The van der Waals surface area contributed by atoms with Gasteiger partial charge in [-0.15, -0.1) is 5.10 Å². The summed E-state index contributed by atoms with van der Waals surface area (Å²) in [5.41, 5.74) is 2.86. The van der Waals surface area contributed by atoms with Crippen molar-refractivity contribution < 1.29 is 32.6 Å². The number of carbonyl (C=O) groups is 2. The van der Waals surface area contributed by atoms with E-state index < -0.39 is 11.7 Å². The molecule has 3 aliphatic rings. The van der Waals surface area contributed by atoms with Gasteiger partial charge in [0.2, 0.25) is 12.2 Å². The third-order valence-electron chi connectivity index (χ3n) is 8.73. The molecule has 2 N–H and O–H groups in total. The molecule has 7 rings (SSSR count). The number of alkyl halides is 3. The predicted octanol–water partition coefficient (Wildman–Crippen LogP) is 2.99. The Hall–Kier alpha value is -5.32. The molecule has 49 heavy (non-hydrogen) atoms. The van der Waals surface area contributed by atoms with Gasteiger partial charge in [-0.2, -0.15) is 22.7 Å². The Bertz CT molecular complexity index is 2000. The van der Waals surface area contributed by atoms with E-state index in [9.17, 15) is 32.7 Å². The Kier molecular flexibility index (Phi) is 9.36. The Morgan fingerprint density at radius 1 is 1.08 bits per heavy atom. The van der Waals surface area contributed by atoms with Crippen LogP contribution in [-0.4, -0.2) is 90.8 Å². The molecule has 3 aliphatic heterocycles. The van der Waals surface area contributed by atoms with E-state index in [4.69, 9.17) is 9.72 Å². The molecular formula is C32H34F3N9O5. The first-order valence-corrected chi connectivity index (χ1v) is 15.7. The number of rotatable bonds is 5. The number of nitrogens with zero attached hydrogens (tertiary/aromatic N) is 8. The van der Waals surface area contributed by atoms with Crippen molar-refractivity contribution in [2.45, 2.75) is 45.8 Å². The minimum absolute atomic E-state index is 0.00546. The number of piperazine rings is 1. The molecule has 258 valence electrons. The second kappa shape index (κ2) is 13.7. The van der Waals surface area contributed by atoms with Crippen LogP contribution in [-0.2, 0) is 28.7 Å². The molecule has 6 heterocycles. The average molecular weight is 682 g/mol. The first-order chi connectivity index (χ1) is 23.5. The number of ether oxygens (including phenoxy) is 1. The van der Waals surface area contributed by atoms with Crippen molar-refractivity contribution >= 4 is 35.0 Å². The number of hydrogen-bond acceptors (Lipinski definition) is 10. The Balaban J connectivity index is 0.000000251. The van der Waals surface area contributed by atoms with E-state index in [1.54, 1.807) is 11.8 Å². The van der Waals surface area contributed by atoms with Gasteiger partial charge < -0.3 is 29.5 Å². The van der Waals surface area contributed by atoms with Crippen molar-refractivity contribution in [2.24, 2.45) is 0 Å². The minimum atomic E-state index is -4.34. The lowest BCUT2D eigenvalue weighted by Crippen LogP contribution is -2.50. The molecule has 0 saturated carbocycles. The number of halogens is 3. The van der Waals surface area contributed by atoms with Gasteiger partial charge in [-0.25, -0.2) is 9.97 Å². The molecule has 17 heteroatoms. The third-order valence-corrected chi connectivity index (χ3v) is 8.73.